The summed E-state index contributed by atoms with van der Waals surface area (Å²) in [6.45, 7) is 4.27. The fourth-order valence-electron chi connectivity index (χ4n) is 3.52. The maximum Gasteiger partial charge on any atom is 0.335 e. The number of rotatable bonds is 4. The lowest BCUT2D eigenvalue weighted by Crippen LogP contribution is -2.33. The van der Waals surface area contributed by atoms with Gasteiger partial charge in [0, 0.05) is 11.4 Å². The first kappa shape index (κ1) is 20.0. The second-order valence-corrected chi connectivity index (χ2v) is 7.97. The van der Waals surface area contributed by atoms with Crippen LogP contribution >= 0.6 is 11.6 Å². The molecule has 0 unspecified atom stereocenters. The number of nitrogens with one attached hydrogen (secondary N) is 2. The van der Waals surface area contributed by atoms with Crippen LogP contribution < -0.4 is 16.7 Å². The SMILES string of the molecule is CC(C)c1ccc([C@@H]2CC(c3c(O)n(-c4ccc(Cl)cc4)c(=O)[nH]c3=O)=NN2)cc1. The Kier molecular flexibility index (Phi) is 5.22. The van der Waals surface area contributed by atoms with Gasteiger partial charge in [-0.2, -0.15) is 5.10 Å². The summed E-state index contributed by atoms with van der Waals surface area (Å²) in [5, 5.41) is 15.6. The molecule has 0 saturated carbocycles. The smallest absolute Gasteiger partial charge is 0.335 e. The van der Waals surface area contributed by atoms with E-state index in [2.05, 4.69) is 41.5 Å². The fourth-order valence-corrected chi connectivity index (χ4v) is 3.64. The summed E-state index contributed by atoms with van der Waals surface area (Å²) in [5.41, 5.74) is 4.61. The van der Waals surface area contributed by atoms with Crippen LogP contribution in [0.2, 0.25) is 5.02 Å². The molecular formula is C22H21ClN4O3. The highest BCUT2D eigenvalue weighted by Crippen LogP contribution is 2.28. The number of hydrogen-bond donors (Lipinski definition) is 3. The van der Waals surface area contributed by atoms with Crippen LogP contribution in [0.25, 0.3) is 5.69 Å². The highest BCUT2D eigenvalue weighted by atomic mass is 35.5. The number of aromatic amines is 1. The molecule has 2 aromatic carbocycles. The summed E-state index contributed by atoms with van der Waals surface area (Å²) in [6.07, 6.45) is 0.399. The second kappa shape index (κ2) is 7.84. The van der Waals surface area contributed by atoms with Gasteiger partial charge in [-0.25, -0.2) is 9.36 Å². The van der Waals surface area contributed by atoms with Gasteiger partial charge in [-0.3, -0.25) is 9.78 Å². The van der Waals surface area contributed by atoms with Crippen LogP contribution in [-0.4, -0.2) is 20.4 Å². The Balaban J connectivity index is 1.68. The van der Waals surface area contributed by atoms with Gasteiger partial charge in [0.2, 0.25) is 5.88 Å². The quantitative estimate of drug-likeness (QED) is 0.597. The van der Waals surface area contributed by atoms with Gasteiger partial charge < -0.3 is 10.5 Å². The molecule has 3 N–H and O–H groups in total. The first-order valence-electron chi connectivity index (χ1n) is 9.61. The molecule has 4 rings (SSSR count). The molecular weight excluding hydrogens is 404 g/mol. The number of aromatic hydroxyl groups is 1. The average Bonchev–Trinajstić information content (AvgIpc) is 3.19. The first-order valence-corrected chi connectivity index (χ1v) is 9.99. The molecule has 7 nitrogen and oxygen atoms in total. The van der Waals surface area contributed by atoms with Gasteiger partial charge in [-0.1, -0.05) is 49.7 Å². The maximum atomic E-state index is 12.5. The predicted octanol–water partition coefficient (Wildman–Crippen LogP) is 3.45. The van der Waals surface area contributed by atoms with Gasteiger partial charge in [-0.05, 0) is 41.3 Å². The van der Waals surface area contributed by atoms with Crippen molar-refractivity contribution in [1.82, 2.24) is 15.0 Å². The lowest BCUT2D eigenvalue weighted by molar-refractivity contribution is 0.429. The van der Waals surface area contributed by atoms with Crippen molar-refractivity contribution in [2.24, 2.45) is 5.10 Å². The van der Waals surface area contributed by atoms with Gasteiger partial charge >= 0.3 is 5.69 Å². The molecule has 1 aromatic heterocycles. The number of nitrogens with zero attached hydrogens (tertiary/aromatic N) is 2. The van der Waals surface area contributed by atoms with Crippen LogP contribution in [0.15, 0.2) is 63.2 Å². The van der Waals surface area contributed by atoms with E-state index in [9.17, 15) is 14.7 Å². The van der Waals surface area contributed by atoms with Crippen molar-refractivity contribution < 1.29 is 5.11 Å². The molecule has 0 saturated heterocycles. The van der Waals surface area contributed by atoms with E-state index < -0.39 is 17.1 Å². The van der Waals surface area contributed by atoms with E-state index in [0.717, 1.165) is 10.1 Å². The van der Waals surface area contributed by atoms with Crippen molar-refractivity contribution in [3.63, 3.8) is 0 Å². The summed E-state index contributed by atoms with van der Waals surface area (Å²) in [5.74, 6) is -0.0192. The van der Waals surface area contributed by atoms with E-state index in [4.69, 9.17) is 11.6 Å². The van der Waals surface area contributed by atoms with E-state index in [1.165, 1.54) is 5.56 Å². The molecule has 0 fully saturated rings. The highest BCUT2D eigenvalue weighted by molar-refractivity contribution is 6.30. The van der Waals surface area contributed by atoms with Crippen molar-refractivity contribution in [3.05, 3.63) is 91.1 Å². The molecule has 154 valence electrons. The molecule has 1 aliphatic rings. The summed E-state index contributed by atoms with van der Waals surface area (Å²) in [7, 11) is 0. The third kappa shape index (κ3) is 3.64. The number of hydrogen-bond acceptors (Lipinski definition) is 5. The molecule has 2 heterocycles. The Hall–Kier alpha value is -3.32. The molecule has 0 aliphatic carbocycles. The van der Waals surface area contributed by atoms with E-state index in [-0.39, 0.29) is 11.6 Å². The molecule has 1 atom stereocenters. The molecule has 30 heavy (non-hydrogen) atoms. The van der Waals surface area contributed by atoms with Crippen LogP contribution in [0.3, 0.4) is 0 Å². The molecule has 1 aliphatic heterocycles. The molecule has 0 bridgehead atoms. The van der Waals surface area contributed by atoms with Crippen molar-refractivity contribution in [1.29, 1.82) is 0 Å². The average molecular weight is 425 g/mol. The Morgan fingerprint density at radius 1 is 1.10 bits per heavy atom. The minimum absolute atomic E-state index is 0.0293. The number of benzene rings is 2. The van der Waals surface area contributed by atoms with Crippen LogP contribution in [0.5, 0.6) is 5.88 Å². The number of H-pyrrole nitrogens is 1. The summed E-state index contributed by atoms with van der Waals surface area (Å²) < 4.78 is 1.03. The second-order valence-electron chi connectivity index (χ2n) is 7.54. The topological polar surface area (TPSA) is 99.5 Å². The number of halogens is 1. The third-order valence-electron chi connectivity index (χ3n) is 5.22. The Bertz CT molecular complexity index is 1230. The molecule has 8 heteroatoms. The Labute approximate surface area is 177 Å². The molecule has 0 amide bonds. The minimum Gasteiger partial charge on any atom is -0.493 e. The number of aromatic nitrogens is 2. The van der Waals surface area contributed by atoms with Crippen molar-refractivity contribution >= 4 is 17.3 Å². The van der Waals surface area contributed by atoms with Gasteiger partial charge in [0.05, 0.1) is 17.4 Å². The number of hydrazone groups is 1. The first-order chi connectivity index (χ1) is 14.3. The Morgan fingerprint density at radius 2 is 1.77 bits per heavy atom. The highest BCUT2D eigenvalue weighted by Gasteiger charge is 2.27. The molecule has 0 radical (unpaired) electrons. The van der Waals surface area contributed by atoms with Crippen molar-refractivity contribution in [2.75, 3.05) is 0 Å². The van der Waals surface area contributed by atoms with Crippen molar-refractivity contribution in [3.8, 4) is 11.6 Å². The van der Waals surface area contributed by atoms with Crippen LogP contribution in [0, 0.1) is 0 Å². The van der Waals surface area contributed by atoms with Gasteiger partial charge in [-0.15, -0.1) is 0 Å². The van der Waals surface area contributed by atoms with Gasteiger partial charge in [0.15, 0.2) is 0 Å². The third-order valence-corrected chi connectivity index (χ3v) is 5.47. The van der Waals surface area contributed by atoms with E-state index in [1.807, 2.05) is 12.1 Å². The van der Waals surface area contributed by atoms with Crippen molar-refractivity contribution in [2.45, 2.75) is 32.2 Å². The molecule has 3 aromatic rings. The summed E-state index contributed by atoms with van der Waals surface area (Å²) >= 11 is 5.90. The van der Waals surface area contributed by atoms with E-state index in [0.29, 0.717) is 28.8 Å². The predicted molar refractivity (Wildman–Crippen MR) is 117 cm³/mol. The standard InChI is InChI=1S/C22H21ClN4O3/c1-12(2)13-3-5-14(6-4-13)17-11-18(26-25-17)19-20(28)24-22(30)27(21(19)29)16-9-7-15(23)8-10-16/h3-10,12,17,25,29H,11H2,1-2H3,(H,24,28,30)/t17-/m0/s1. The zero-order valence-electron chi connectivity index (χ0n) is 16.5. The lowest BCUT2D eigenvalue weighted by atomic mass is 9.96. The van der Waals surface area contributed by atoms with E-state index >= 15 is 0 Å². The summed E-state index contributed by atoms with van der Waals surface area (Å²) in [6, 6.07) is 14.4. The monoisotopic (exact) mass is 424 g/mol. The lowest BCUT2D eigenvalue weighted by Gasteiger charge is -2.13. The summed E-state index contributed by atoms with van der Waals surface area (Å²) in [4.78, 5) is 27.1. The molecule has 0 spiro atoms. The maximum absolute atomic E-state index is 12.5. The van der Waals surface area contributed by atoms with Crippen LogP contribution in [0.1, 0.15) is 48.9 Å². The normalized spacial score (nSPS) is 15.9. The van der Waals surface area contributed by atoms with Gasteiger partial charge in [0.1, 0.15) is 5.56 Å². The van der Waals surface area contributed by atoms with E-state index in [1.54, 1.807) is 24.3 Å². The minimum atomic E-state index is -0.740. The zero-order chi connectivity index (χ0) is 21.4. The van der Waals surface area contributed by atoms with Crippen LogP contribution in [-0.2, 0) is 0 Å². The van der Waals surface area contributed by atoms with Gasteiger partial charge in [0.25, 0.3) is 5.56 Å². The zero-order valence-corrected chi connectivity index (χ0v) is 17.3. The Morgan fingerprint density at radius 3 is 2.40 bits per heavy atom. The fraction of sp³-hybridized carbons (Fsp3) is 0.227. The van der Waals surface area contributed by atoms with Crippen LogP contribution in [0.4, 0.5) is 0 Å². The largest absolute Gasteiger partial charge is 0.493 e.